The van der Waals surface area contributed by atoms with Gasteiger partial charge in [0.25, 0.3) is 0 Å². The number of nitrogens with one attached hydrogen (secondary N) is 2. The summed E-state index contributed by atoms with van der Waals surface area (Å²) in [5.41, 5.74) is 0. The Morgan fingerprint density at radius 1 is 1.29 bits per heavy atom. The largest absolute Gasteiger partial charge is 0.481 e. The number of rotatable bonds is 5. The van der Waals surface area contributed by atoms with Crippen LogP contribution in [0.3, 0.4) is 0 Å². The number of carbonyl (C=O) groups is 3. The van der Waals surface area contributed by atoms with Gasteiger partial charge in [0.1, 0.15) is 0 Å². The van der Waals surface area contributed by atoms with Crippen LogP contribution in [0.2, 0.25) is 0 Å². The lowest BCUT2D eigenvalue weighted by Crippen LogP contribution is -2.46. The fourth-order valence-electron chi connectivity index (χ4n) is 3.29. The molecule has 3 amide bonds. The smallest absolute Gasteiger partial charge is 0.321 e. The fourth-order valence-corrected chi connectivity index (χ4v) is 3.29. The van der Waals surface area contributed by atoms with Crippen molar-refractivity contribution in [3.05, 3.63) is 0 Å². The van der Waals surface area contributed by atoms with E-state index in [2.05, 4.69) is 10.6 Å². The Balaban J connectivity index is 1.81. The molecule has 3 N–H and O–H groups in total. The Morgan fingerprint density at radius 3 is 2.57 bits per heavy atom. The van der Waals surface area contributed by atoms with Crippen LogP contribution < -0.4 is 10.6 Å². The van der Waals surface area contributed by atoms with Crippen LogP contribution in [-0.2, 0) is 9.59 Å². The molecule has 0 aromatic heterocycles. The van der Waals surface area contributed by atoms with Gasteiger partial charge in [0.05, 0.1) is 12.5 Å². The van der Waals surface area contributed by atoms with Gasteiger partial charge in [-0.25, -0.2) is 4.79 Å². The third-order valence-electron chi connectivity index (χ3n) is 4.25. The molecule has 3 unspecified atom stereocenters. The molecule has 2 heterocycles. The number of hydrogen-bond donors (Lipinski definition) is 3. The van der Waals surface area contributed by atoms with E-state index < -0.39 is 12.0 Å². The fraction of sp³-hybridized carbons (Fsp3) is 0.786. The molecule has 0 aliphatic carbocycles. The van der Waals surface area contributed by atoms with Gasteiger partial charge in [-0.15, -0.1) is 0 Å². The SMILES string of the molecule is CC(C)CNC(=O)NC(=O)CN1C2CCC1C(C(=O)O)C2. The van der Waals surface area contributed by atoms with Crippen LogP contribution in [0.4, 0.5) is 4.79 Å². The summed E-state index contributed by atoms with van der Waals surface area (Å²) in [6, 6.07) is -0.410. The first kappa shape index (κ1) is 15.8. The van der Waals surface area contributed by atoms with Crippen LogP contribution in [0.5, 0.6) is 0 Å². The van der Waals surface area contributed by atoms with Crippen molar-refractivity contribution < 1.29 is 19.5 Å². The average molecular weight is 297 g/mol. The number of carbonyl (C=O) groups excluding carboxylic acids is 2. The van der Waals surface area contributed by atoms with Crippen molar-refractivity contribution in [3.8, 4) is 0 Å². The molecule has 21 heavy (non-hydrogen) atoms. The molecule has 0 aromatic rings. The number of hydrogen-bond acceptors (Lipinski definition) is 4. The van der Waals surface area contributed by atoms with Gasteiger partial charge >= 0.3 is 12.0 Å². The lowest BCUT2D eigenvalue weighted by Gasteiger charge is -2.21. The van der Waals surface area contributed by atoms with Gasteiger partial charge in [-0.05, 0) is 25.2 Å². The molecule has 118 valence electrons. The Labute approximate surface area is 124 Å². The van der Waals surface area contributed by atoms with E-state index in [1.165, 1.54) is 0 Å². The number of imide groups is 1. The highest BCUT2D eigenvalue weighted by atomic mass is 16.4. The van der Waals surface area contributed by atoms with Gasteiger partial charge in [-0.1, -0.05) is 13.8 Å². The van der Waals surface area contributed by atoms with E-state index in [0.29, 0.717) is 18.9 Å². The van der Waals surface area contributed by atoms with Gasteiger partial charge in [0, 0.05) is 18.6 Å². The van der Waals surface area contributed by atoms with Crippen molar-refractivity contribution >= 4 is 17.9 Å². The number of carboxylic acids is 1. The second-order valence-corrected chi connectivity index (χ2v) is 6.30. The third-order valence-corrected chi connectivity index (χ3v) is 4.25. The van der Waals surface area contributed by atoms with E-state index in [1.807, 2.05) is 18.7 Å². The van der Waals surface area contributed by atoms with Crippen LogP contribution in [-0.4, -0.2) is 53.1 Å². The molecule has 0 spiro atoms. The first-order valence-electron chi connectivity index (χ1n) is 7.44. The van der Waals surface area contributed by atoms with Crippen LogP contribution in [0.1, 0.15) is 33.1 Å². The number of fused-ring (bicyclic) bond motifs is 2. The van der Waals surface area contributed by atoms with E-state index >= 15 is 0 Å². The Morgan fingerprint density at radius 2 is 2.00 bits per heavy atom. The minimum atomic E-state index is -0.790. The number of carboxylic acid groups (broad SMARTS) is 1. The number of aliphatic carboxylic acids is 1. The van der Waals surface area contributed by atoms with E-state index in [0.717, 1.165) is 12.8 Å². The minimum Gasteiger partial charge on any atom is -0.481 e. The first-order valence-corrected chi connectivity index (χ1v) is 7.44. The highest BCUT2D eigenvalue weighted by Crippen LogP contribution is 2.41. The quantitative estimate of drug-likeness (QED) is 0.682. The summed E-state index contributed by atoms with van der Waals surface area (Å²) in [4.78, 5) is 36.5. The number of nitrogens with zero attached hydrogens (tertiary/aromatic N) is 1. The molecule has 7 heteroatoms. The summed E-state index contributed by atoms with van der Waals surface area (Å²) in [5, 5.41) is 14.1. The molecule has 2 aliphatic rings. The maximum atomic E-state index is 11.9. The van der Waals surface area contributed by atoms with Crippen LogP contribution in [0.25, 0.3) is 0 Å². The molecular formula is C14H23N3O4. The number of urea groups is 1. The minimum absolute atomic E-state index is 0.0722. The van der Waals surface area contributed by atoms with Gasteiger partial charge in [0.15, 0.2) is 0 Å². The molecule has 7 nitrogen and oxygen atoms in total. The van der Waals surface area contributed by atoms with Crippen molar-refractivity contribution in [3.63, 3.8) is 0 Å². The summed E-state index contributed by atoms with van der Waals surface area (Å²) in [5.74, 6) is -1.23. The van der Waals surface area contributed by atoms with Gasteiger partial charge < -0.3 is 10.4 Å². The summed E-state index contributed by atoms with van der Waals surface area (Å²) in [6.07, 6.45) is 2.35. The van der Waals surface area contributed by atoms with E-state index in [9.17, 15) is 14.4 Å². The van der Waals surface area contributed by atoms with Gasteiger partial charge in [-0.2, -0.15) is 0 Å². The lowest BCUT2D eigenvalue weighted by atomic mass is 9.89. The molecule has 2 aliphatic heterocycles. The van der Waals surface area contributed by atoms with Crippen molar-refractivity contribution in [2.75, 3.05) is 13.1 Å². The maximum Gasteiger partial charge on any atom is 0.321 e. The molecule has 2 fully saturated rings. The normalized spacial score (nSPS) is 27.9. The zero-order valence-corrected chi connectivity index (χ0v) is 12.5. The second-order valence-electron chi connectivity index (χ2n) is 6.30. The van der Waals surface area contributed by atoms with E-state index in [-0.39, 0.29) is 30.5 Å². The highest BCUT2D eigenvalue weighted by molar-refractivity contribution is 5.95. The van der Waals surface area contributed by atoms with Crippen molar-refractivity contribution in [2.45, 2.75) is 45.2 Å². The molecule has 2 rings (SSSR count). The van der Waals surface area contributed by atoms with E-state index in [1.54, 1.807) is 0 Å². The third kappa shape index (κ3) is 3.72. The zero-order valence-electron chi connectivity index (χ0n) is 12.5. The summed E-state index contributed by atoms with van der Waals surface area (Å²) >= 11 is 0. The Kier molecular flexibility index (Phi) is 4.82. The van der Waals surface area contributed by atoms with Crippen LogP contribution >= 0.6 is 0 Å². The molecule has 0 aromatic carbocycles. The van der Waals surface area contributed by atoms with Crippen molar-refractivity contribution in [1.29, 1.82) is 0 Å². The Bertz CT molecular complexity index is 438. The molecule has 2 bridgehead atoms. The maximum absolute atomic E-state index is 11.9. The standard InChI is InChI=1S/C14H23N3O4/c1-8(2)6-15-14(21)16-12(18)7-17-9-3-4-11(17)10(5-9)13(19)20/h8-11H,3-7H2,1-2H3,(H,19,20)(H2,15,16,18,21). The average Bonchev–Trinajstić information content (AvgIpc) is 2.93. The van der Waals surface area contributed by atoms with E-state index in [4.69, 9.17) is 5.11 Å². The monoisotopic (exact) mass is 297 g/mol. The Hall–Kier alpha value is -1.63. The van der Waals surface area contributed by atoms with Crippen molar-refractivity contribution in [2.24, 2.45) is 11.8 Å². The summed E-state index contributed by atoms with van der Waals surface area (Å²) in [6.45, 7) is 4.54. The lowest BCUT2D eigenvalue weighted by molar-refractivity contribution is -0.143. The molecular weight excluding hydrogens is 274 g/mol. The molecule has 0 saturated carbocycles. The van der Waals surface area contributed by atoms with Crippen molar-refractivity contribution in [1.82, 2.24) is 15.5 Å². The topological polar surface area (TPSA) is 98.7 Å². The van der Waals surface area contributed by atoms with Gasteiger partial charge in [0.2, 0.25) is 5.91 Å². The first-order chi connectivity index (χ1) is 9.88. The molecule has 0 radical (unpaired) electrons. The second kappa shape index (κ2) is 6.43. The number of amides is 3. The summed E-state index contributed by atoms with van der Waals surface area (Å²) in [7, 11) is 0. The summed E-state index contributed by atoms with van der Waals surface area (Å²) < 4.78 is 0. The molecule has 2 saturated heterocycles. The van der Waals surface area contributed by atoms with Crippen LogP contribution in [0.15, 0.2) is 0 Å². The van der Waals surface area contributed by atoms with Crippen LogP contribution in [0, 0.1) is 11.8 Å². The predicted molar refractivity (Wildman–Crippen MR) is 75.6 cm³/mol. The highest BCUT2D eigenvalue weighted by Gasteiger charge is 2.49. The molecule has 3 atom stereocenters. The van der Waals surface area contributed by atoms with Gasteiger partial charge in [-0.3, -0.25) is 19.8 Å². The predicted octanol–water partition coefficient (Wildman–Crippen LogP) is 0.406. The zero-order chi connectivity index (χ0) is 15.6.